The van der Waals surface area contributed by atoms with Gasteiger partial charge < -0.3 is 10.5 Å². The number of nitrogens with zero attached hydrogens (tertiary/aromatic N) is 2. The first-order chi connectivity index (χ1) is 7.84. The standard InChI is InChI=1S/C12H17N3O/c13-9-3-1-4-10-8(9)7-14-12(15-10)11-5-2-6-16-11/h7,9,11H,1-6,13H2. The molecule has 1 aromatic heterocycles. The smallest absolute Gasteiger partial charge is 0.157 e. The molecule has 3 rings (SSSR count). The van der Waals surface area contributed by atoms with Crippen molar-refractivity contribution >= 4 is 0 Å². The highest BCUT2D eigenvalue weighted by atomic mass is 16.5. The zero-order chi connectivity index (χ0) is 11.0. The molecule has 16 heavy (non-hydrogen) atoms. The van der Waals surface area contributed by atoms with Crippen LogP contribution in [0.15, 0.2) is 6.20 Å². The summed E-state index contributed by atoms with van der Waals surface area (Å²) in [7, 11) is 0. The quantitative estimate of drug-likeness (QED) is 0.780. The molecule has 1 aromatic rings. The van der Waals surface area contributed by atoms with Gasteiger partial charge in [-0.05, 0) is 32.1 Å². The summed E-state index contributed by atoms with van der Waals surface area (Å²) in [6.45, 7) is 0.838. The van der Waals surface area contributed by atoms with E-state index >= 15 is 0 Å². The summed E-state index contributed by atoms with van der Waals surface area (Å²) in [6.07, 6.45) is 7.40. The van der Waals surface area contributed by atoms with Gasteiger partial charge in [0.2, 0.25) is 0 Å². The number of ether oxygens (including phenoxy) is 1. The topological polar surface area (TPSA) is 61.0 Å². The van der Waals surface area contributed by atoms with E-state index in [2.05, 4.69) is 9.97 Å². The van der Waals surface area contributed by atoms with Gasteiger partial charge in [-0.2, -0.15) is 0 Å². The molecule has 2 atom stereocenters. The number of hydrogen-bond donors (Lipinski definition) is 1. The molecule has 1 saturated heterocycles. The Morgan fingerprint density at radius 3 is 3.06 bits per heavy atom. The first-order valence-corrected chi connectivity index (χ1v) is 6.07. The molecule has 0 spiro atoms. The van der Waals surface area contributed by atoms with E-state index in [4.69, 9.17) is 10.5 Å². The van der Waals surface area contributed by atoms with E-state index < -0.39 is 0 Å². The third kappa shape index (κ3) is 1.72. The average Bonchev–Trinajstić information content (AvgIpc) is 2.82. The van der Waals surface area contributed by atoms with Crippen LogP contribution in [0.2, 0.25) is 0 Å². The number of nitrogens with two attached hydrogens (primary N) is 1. The normalized spacial score (nSPS) is 29.1. The summed E-state index contributed by atoms with van der Waals surface area (Å²) in [5.74, 6) is 0.852. The Labute approximate surface area is 95.2 Å². The molecule has 2 aliphatic rings. The van der Waals surface area contributed by atoms with Crippen LogP contribution < -0.4 is 5.73 Å². The van der Waals surface area contributed by atoms with Crippen molar-refractivity contribution in [3.05, 3.63) is 23.3 Å². The molecule has 2 unspecified atom stereocenters. The Kier molecular flexibility index (Phi) is 2.61. The van der Waals surface area contributed by atoms with Crippen molar-refractivity contribution in [2.24, 2.45) is 5.73 Å². The number of hydrogen-bond acceptors (Lipinski definition) is 4. The molecule has 0 saturated carbocycles. The third-order valence-electron chi connectivity index (χ3n) is 3.46. The van der Waals surface area contributed by atoms with Gasteiger partial charge in [-0.15, -0.1) is 0 Å². The fourth-order valence-electron chi connectivity index (χ4n) is 2.53. The first kappa shape index (κ1) is 10.2. The average molecular weight is 219 g/mol. The largest absolute Gasteiger partial charge is 0.370 e. The minimum atomic E-state index is 0.114. The highest BCUT2D eigenvalue weighted by molar-refractivity contribution is 5.24. The van der Waals surface area contributed by atoms with Gasteiger partial charge in [0.25, 0.3) is 0 Å². The molecule has 2 N–H and O–H groups in total. The number of fused-ring (bicyclic) bond motifs is 1. The summed E-state index contributed by atoms with van der Waals surface area (Å²) in [5, 5.41) is 0. The van der Waals surface area contributed by atoms with Crippen molar-refractivity contribution in [2.75, 3.05) is 6.61 Å². The van der Waals surface area contributed by atoms with Crippen LogP contribution in [0.1, 0.15) is 54.9 Å². The molecule has 4 heteroatoms. The van der Waals surface area contributed by atoms with Crippen molar-refractivity contribution in [2.45, 2.75) is 44.2 Å². The van der Waals surface area contributed by atoms with Crippen LogP contribution in [-0.2, 0) is 11.2 Å². The molecule has 1 aliphatic carbocycles. The molecule has 0 radical (unpaired) electrons. The second-order valence-corrected chi connectivity index (χ2v) is 4.63. The van der Waals surface area contributed by atoms with E-state index in [1.807, 2.05) is 6.20 Å². The fraction of sp³-hybridized carbons (Fsp3) is 0.667. The van der Waals surface area contributed by atoms with Crippen molar-refractivity contribution in [3.8, 4) is 0 Å². The lowest BCUT2D eigenvalue weighted by atomic mass is 9.93. The molecule has 86 valence electrons. The number of rotatable bonds is 1. The zero-order valence-electron chi connectivity index (χ0n) is 9.35. The summed E-state index contributed by atoms with van der Waals surface area (Å²) < 4.78 is 5.60. The maximum atomic E-state index is 6.04. The second-order valence-electron chi connectivity index (χ2n) is 4.63. The zero-order valence-corrected chi connectivity index (χ0v) is 9.35. The van der Waals surface area contributed by atoms with E-state index in [0.29, 0.717) is 0 Å². The van der Waals surface area contributed by atoms with Crippen LogP contribution in [-0.4, -0.2) is 16.6 Å². The van der Waals surface area contributed by atoms with Crippen LogP contribution in [0.25, 0.3) is 0 Å². The Bertz CT molecular complexity index is 388. The molecule has 0 amide bonds. The van der Waals surface area contributed by atoms with E-state index in [1.54, 1.807) is 0 Å². The lowest BCUT2D eigenvalue weighted by molar-refractivity contribution is 0.104. The van der Waals surface area contributed by atoms with Crippen molar-refractivity contribution in [1.29, 1.82) is 0 Å². The molecule has 2 heterocycles. The maximum absolute atomic E-state index is 6.04. The van der Waals surface area contributed by atoms with Crippen LogP contribution >= 0.6 is 0 Å². The lowest BCUT2D eigenvalue weighted by Crippen LogP contribution is -2.20. The number of aryl methyl sites for hydroxylation is 1. The van der Waals surface area contributed by atoms with E-state index in [9.17, 15) is 0 Å². The Hall–Kier alpha value is -1.00. The monoisotopic (exact) mass is 219 g/mol. The van der Waals surface area contributed by atoms with Gasteiger partial charge in [0.15, 0.2) is 5.82 Å². The molecule has 0 aromatic carbocycles. The van der Waals surface area contributed by atoms with Crippen molar-refractivity contribution < 1.29 is 4.74 Å². The molecule has 1 fully saturated rings. The van der Waals surface area contributed by atoms with Gasteiger partial charge in [0.1, 0.15) is 6.10 Å². The number of aromatic nitrogens is 2. The molecule has 0 bridgehead atoms. The highest BCUT2D eigenvalue weighted by Gasteiger charge is 2.24. The van der Waals surface area contributed by atoms with Crippen LogP contribution in [0.5, 0.6) is 0 Å². The Morgan fingerprint density at radius 1 is 1.31 bits per heavy atom. The van der Waals surface area contributed by atoms with Gasteiger partial charge in [0.05, 0.1) is 0 Å². The third-order valence-corrected chi connectivity index (χ3v) is 3.46. The first-order valence-electron chi connectivity index (χ1n) is 6.07. The van der Waals surface area contributed by atoms with Crippen molar-refractivity contribution in [3.63, 3.8) is 0 Å². The fourth-order valence-corrected chi connectivity index (χ4v) is 2.53. The predicted octanol–water partition coefficient (Wildman–Crippen LogP) is 1.66. The molecule has 1 aliphatic heterocycles. The molecular formula is C12H17N3O. The molecule has 4 nitrogen and oxygen atoms in total. The van der Waals surface area contributed by atoms with Gasteiger partial charge in [-0.3, -0.25) is 0 Å². The van der Waals surface area contributed by atoms with E-state index in [0.717, 1.165) is 55.8 Å². The summed E-state index contributed by atoms with van der Waals surface area (Å²) in [4.78, 5) is 9.04. The minimum Gasteiger partial charge on any atom is -0.370 e. The van der Waals surface area contributed by atoms with Gasteiger partial charge in [-0.25, -0.2) is 9.97 Å². The minimum absolute atomic E-state index is 0.114. The van der Waals surface area contributed by atoms with E-state index in [1.165, 1.54) is 0 Å². The lowest BCUT2D eigenvalue weighted by Gasteiger charge is -2.21. The predicted molar refractivity (Wildman–Crippen MR) is 59.8 cm³/mol. The molecular weight excluding hydrogens is 202 g/mol. The van der Waals surface area contributed by atoms with Gasteiger partial charge in [-0.1, -0.05) is 0 Å². The maximum Gasteiger partial charge on any atom is 0.157 e. The van der Waals surface area contributed by atoms with Crippen LogP contribution in [0.3, 0.4) is 0 Å². The Morgan fingerprint density at radius 2 is 2.25 bits per heavy atom. The Balaban J connectivity index is 1.91. The summed E-state index contributed by atoms with van der Waals surface area (Å²) in [5.41, 5.74) is 8.31. The van der Waals surface area contributed by atoms with Crippen LogP contribution in [0, 0.1) is 0 Å². The van der Waals surface area contributed by atoms with Gasteiger partial charge >= 0.3 is 0 Å². The summed E-state index contributed by atoms with van der Waals surface area (Å²) in [6, 6.07) is 0.127. The highest BCUT2D eigenvalue weighted by Crippen LogP contribution is 2.30. The second kappa shape index (κ2) is 4.11. The van der Waals surface area contributed by atoms with E-state index in [-0.39, 0.29) is 12.1 Å². The summed E-state index contributed by atoms with van der Waals surface area (Å²) >= 11 is 0. The van der Waals surface area contributed by atoms with Crippen LogP contribution in [0.4, 0.5) is 0 Å². The van der Waals surface area contributed by atoms with Crippen molar-refractivity contribution in [1.82, 2.24) is 9.97 Å². The SMILES string of the molecule is NC1CCCc2nc(C3CCCO3)ncc21. The van der Waals surface area contributed by atoms with Gasteiger partial charge in [0, 0.05) is 30.1 Å².